The maximum absolute atomic E-state index is 6.45. The molecule has 0 saturated heterocycles. The summed E-state index contributed by atoms with van der Waals surface area (Å²) in [4.78, 5) is 4.76. The lowest BCUT2D eigenvalue weighted by Gasteiger charge is -2.10. The van der Waals surface area contributed by atoms with Crippen molar-refractivity contribution in [3.8, 4) is 11.3 Å². The molecule has 0 unspecified atom stereocenters. The minimum atomic E-state index is 0.502. The van der Waals surface area contributed by atoms with Gasteiger partial charge >= 0.3 is 0 Å². The molecule has 0 amide bonds. The highest BCUT2D eigenvalue weighted by molar-refractivity contribution is 6.34. The van der Waals surface area contributed by atoms with Gasteiger partial charge in [-0.05, 0) is 35.9 Å². The summed E-state index contributed by atoms with van der Waals surface area (Å²) < 4.78 is 1.92. The first-order valence-electron chi connectivity index (χ1n) is 9.03. The Morgan fingerprint density at radius 1 is 0.793 bits per heavy atom. The van der Waals surface area contributed by atoms with Crippen molar-refractivity contribution in [3.05, 3.63) is 94.2 Å². The van der Waals surface area contributed by atoms with Crippen LogP contribution in [0.2, 0.25) is 10.0 Å². The van der Waals surface area contributed by atoms with E-state index in [1.54, 1.807) is 0 Å². The number of halogens is 2. The molecular formula is C23H14Cl2N4. The van der Waals surface area contributed by atoms with Crippen molar-refractivity contribution in [2.45, 2.75) is 0 Å². The zero-order chi connectivity index (χ0) is 19.8. The van der Waals surface area contributed by atoms with E-state index in [1.165, 1.54) is 0 Å². The van der Waals surface area contributed by atoms with Crippen LogP contribution in [-0.2, 0) is 0 Å². The monoisotopic (exact) mass is 416 g/mol. The van der Waals surface area contributed by atoms with Crippen LogP contribution in [0.4, 0.5) is 0 Å². The molecule has 0 radical (unpaired) electrons. The molecule has 4 nitrogen and oxygen atoms in total. The molecule has 29 heavy (non-hydrogen) atoms. The SMILES string of the molecule is Clc1ccc2c(c1)c(-c1ccccc1Cl)nc1nnc(/C=C/c3ccccc3)n12. The highest BCUT2D eigenvalue weighted by Crippen LogP contribution is 2.34. The molecule has 6 heteroatoms. The highest BCUT2D eigenvalue weighted by atomic mass is 35.5. The van der Waals surface area contributed by atoms with Gasteiger partial charge in [0.25, 0.3) is 5.78 Å². The number of hydrogen-bond donors (Lipinski definition) is 0. The van der Waals surface area contributed by atoms with Gasteiger partial charge < -0.3 is 0 Å². The minimum absolute atomic E-state index is 0.502. The van der Waals surface area contributed by atoms with Crippen LogP contribution in [0.25, 0.3) is 40.1 Å². The molecule has 0 spiro atoms. The van der Waals surface area contributed by atoms with Gasteiger partial charge in [0.2, 0.25) is 0 Å². The smallest absolute Gasteiger partial charge is 0.256 e. The molecular weight excluding hydrogens is 403 g/mol. The second-order valence-corrected chi connectivity index (χ2v) is 7.38. The summed E-state index contributed by atoms with van der Waals surface area (Å²) >= 11 is 12.8. The molecule has 0 fully saturated rings. The molecule has 0 aliphatic carbocycles. The van der Waals surface area contributed by atoms with E-state index >= 15 is 0 Å². The Morgan fingerprint density at radius 2 is 1.59 bits per heavy atom. The van der Waals surface area contributed by atoms with Crippen LogP contribution in [0.3, 0.4) is 0 Å². The Labute approximate surface area is 177 Å². The molecule has 140 valence electrons. The van der Waals surface area contributed by atoms with E-state index in [0.717, 1.165) is 27.7 Å². The summed E-state index contributed by atoms with van der Waals surface area (Å²) in [6.07, 6.45) is 3.93. The standard InChI is InChI=1S/C23H14Cl2N4/c24-16-11-12-20-18(14-16)22(17-8-4-5-9-19(17)25)26-23-28-27-21(29(20)23)13-10-15-6-2-1-3-7-15/h1-14H/b13-10+. The zero-order valence-electron chi connectivity index (χ0n) is 15.1. The molecule has 2 aromatic heterocycles. The summed E-state index contributed by atoms with van der Waals surface area (Å²) in [6.45, 7) is 0. The maximum Gasteiger partial charge on any atom is 0.256 e. The summed E-state index contributed by atoms with van der Waals surface area (Å²) in [5.41, 5.74) is 3.55. The number of benzene rings is 3. The zero-order valence-corrected chi connectivity index (χ0v) is 16.6. The Balaban J connectivity index is 1.77. The van der Waals surface area contributed by atoms with E-state index in [-0.39, 0.29) is 0 Å². The van der Waals surface area contributed by atoms with Crippen LogP contribution < -0.4 is 0 Å². The number of rotatable bonds is 3. The Morgan fingerprint density at radius 3 is 2.41 bits per heavy atom. The van der Waals surface area contributed by atoms with Gasteiger partial charge in [0, 0.05) is 21.0 Å². The van der Waals surface area contributed by atoms with Crippen LogP contribution >= 0.6 is 23.2 Å². The van der Waals surface area contributed by atoms with Gasteiger partial charge in [0.1, 0.15) is 0 Å². The molecule has 0 atom stereocenters. The molecule has 3 aromatic carbocycles. The van der Waals surface area contributed by atoms with Crippen molar-refractivity contribution in [2.75, 3.05) is 0 Å². The third-order valence-corrected chi connectivity index (χ3v) is 5.26. The quantitative estimate of drug-likeness (QED) is 0.340. The Bertz CT molecular complexity index is 1370. The van der Waals surface area contributed by atoms with Gasteiger partial charge in [-0.2, -0.15) is 0 Å². The van der Waals surface area contributed by atoms with E-state index < -0.39 is 0 Å². The van der Waals surface area contributed by atoms with E-state index in [9.17, 15) is 0 Å². The fraction of sp³-hybridized carbons (Fsp3) is 0. The first-order chi connectivity index (χ1) is 14.2. The molecule has 0 bridgehead atoms. The van der Waals surface area contributed by atoms with Crippen LogP contribution in [0.15, 0.2) is 72.8 Å². The van der Waals surface area contributed by atoms with Crippen molar-refractivity contribution >= 4 is 52.0 Å². The van der Waals surface area contributed by atoms with Crippen molar-refractivity contribution in [2.24, 2.45) is 0 Å². The largest absolute Gasteiger partial charge is 0.259 e. The number of nitrogens with zero attached hydrogens (tertiary/aromatic N) is 4. The minimum Gasteiger partial charge on any atom is -0.259 e. The van der Waals surface area contributed by atoms with Gasteiger partial charge in [-0.3, -0.25) is 4.40 Å². The van der Waals surface area contributed by atoms with Crippen LogP contribution in [-0.4, -0.2) is 19.6 Å². The first-order valence-corrected chi connectivity index (χ1v) is 9.79. The summed E-state index contributed by atoms with van der Waals surface area (Å²) in [5, 5.41) is 10.8. The normalized spacial score (nSPS) is 11.7. The van der Waals surface area contributed by atoms with E-state index in [1.807, 2.05) is 89.3 Å². The molecule has 0 aliphatic rings. The molecule has 5 rings (SSSR count). The van der Waals surface area contributed by atoms with Gasteiger partial charge in [0.05, 0.1) is 11.2 Å². The maximum atomic E-state index is 6.45. The Hall–Kier alpha value is -3.21. The van der Waals surface area contributed by atoms with Gasteiger partial charge in [0.15, 0.2) is 5.82 Å². The summed E-state index contributed by atoms with van der Waals surface area (Å²) in [6, 6.07) is 23.4. The number of aromatic nitrogens is 4. The Kier molecular flexibility index (Phi) is 4.51. The second-order valence-electron chi connectivity index (χ2n) is 6.54. The fourth-order valence-electron chi connectivity index (χ4n) is 3.35. The lowest BCUT2D eigenvalue weighted by Crippen LogP contribution is -1.98. The van der Waals surface area contributed by atoms with E-state index in [4.69, 9.17) is 28.2 Å². The summed E-state index contributed by atoms with van der Waals surface area (Å²) in [5.74, 6) is 1.19. The van der Waals surface area contributed by atoms with Crippen LogP contribution in [0.1, 0.15) is 11.4 Å². The molecule has 5 aromatic rings. The van der Waals surface area contributed by atoms with E-state index in [2.05, 4.69) is 10.2 Å². The van der Waals surface area contributed by atoms with Crippen molar-refractivity contribution in [3.63, 3.8) is 0 Å². The summed E-state index contributed by atoms with van der Waals surface area (Å²) in [7, 11) is 0. The van der Waals surface area contributed by atoms with Gasteiger partial charge in [-0.15, -0.1) is 10.2 Å². The van der Waals surface area contributed by atoms with Crippen LogP contribution in [0, 0.1) is 0 Å². The highest BCUT2D eigenvalue weighted by Gasteiger charge is 2.16. The van der Waals surface area contributed by atoms with E-state index in [0.29, 0.717) is 21.6 Å². The van der Waals surface area contributed by atoms with Crippen molar-refractivity contribution < 1.29 is 0 Å². The third kappa shape index (κ3) is 3.27. The predicted molar refractivity (Wildman–Crippen MR) is 119 cm³/mol. The van der Waals surface area contributed by atoms with Gasteiger partial charge in [-0.25, -0.2) is 4.98 Å². The lowest BCUT2D eigenvalue weighted by atomic mass is 10.1. The fourth-order valence-corrected chi connectivity index (χ4v) is 3.74. The van der Waals surface area contributed by atoms with Crippen LogP contribution in [0.5, 0.6) is 0 Å². The predicted octanol–water partition coefficient (Wildman–Crippen LogP) is 6.42. The average Bonchev–Trinajstić information content (AvgIpc) is 3.16. The van der Waals surface area contributed by atoms with Crippen molar-refractivity contribution in [1.82, 2.24) is 19.6 Å². The first kappa shape index (κ1) is 17.9. The molecule has 0 aliphatic heterocycles. The lowest BCUT2D eigenvalue weighted by molar-refractivity contribution is 1.08. The molecule has 0 N–H and O–H groups in total. The third-order valence-electron chi connectivity index (χ3n) is 4.69. The number of fused-ring (bicyclic) bond motifs is 3. The average molecular weight is 417 g/mol. The molecule has 2 heterocycles. The second kappa shape index (κ2) is 7.32. The topological polar surface area (TPSA) is 43.1 Å². The molecule has 0 saturated carbocycles. The van der Waals surface area contributed by atoms with Gasteiger partial charge in [-0.1, -0.05) is 77.8 Å². The van der Waals surface area contributed by atoms with Crippen molar-refractivity contribution in [1.29, 1.82) is 0 Å². The number of hydrogen-bond acceptors (Lipinski definition) is 3.